The van der Waals surface area contributed by atoms with Crippen molar-refractivity contribution in [1.82, 2.24) is 0 Å². The molecule has 0 aliphatic heterocycles. The second-order valence-corrected chi connectivity index (χ2v) is 3.39. The quantitative estimate of drug-likeness (QED) is 0.824. The third kappa shape index (κ3) is 1.78. The molecule has 0 amide bonds. The smallest absolute Gasteiger partial charge is 0.336 e. The van der Waals surface area contributed by atoms with Crippen LogP contribution in [0.5, 0.6) is 0 Å². The second kappa shape index (κ2) is 4.25. The Labute approximate surface area is 90.1 Å². The zero-order valence-electron chi connectivity index (χ0n) is 7.54. The first-order chi connectivity index (χ1) is 6.61. The molecule has 14 heavy (non-hydrogen) atoms. The van der Waals surface area contributed by atoms with Gasteiger partial charge in [0.2, 0.25) is 0 Å². The highest BCUT2D eigenvalue weighted by Crippen LogP contribution is 2.21. The van der Waals surface area contributed by atoms with Gasteiger partial charge in [0.25, 0.3) is 0 Å². The number of carbonyl (C=O) groups is 1. The lowest BCUT2D eigenvalue weighted by atomic mass is 9.99. The lowest BCUT2D eigenvalue weighted by Crippen LogP contribution is -2.04. The summed E-state index contributed by atoms with van der Waals surface area (Å²) in [6, 6.07) is 5.19. The SMILES string of the molecule is Cc1ccc(C(=O)O)c(CBr)c1C#N. The molecule has 0 saturated carbocycles. The average Bonchev–Trinajstić information content (AvgIpc) is 2.16. The summed E-state index contributed by atoms with van der Waals surface area (Å²) in [7, 11) is 0. The summed E-state index contributed by atoms with van der Waals surface area (Å²) in [6.07, 6.45) is 0. The average molecular weight is 254 g/mol. The van der Waals surface area contributed by atoms with Crippen molar-refractivity contribution in [3.8, 4) is 6.07 Å². The highest BCUT2D eigenvalue weighted by atomic mass is 79.9. The van der Waals surface area contributed by atoms with Crippen LogP contribution in [0.25, 0.3) is 0 Å². The fourth-order valence-corrected chi connectivity index (χ4v) is 1.84. The first-order valence-corrected chi connectivity index (χ1v) is 5.05. The van der Waals surface area contributed by atoms with Gasteiger partial charge >= 0.3 is 5.97 Å². The van der Waals surface area contributed by atoms with E-state index in [1.807, 2.05) is 6.07 Å². The number of nitrogens with zero attached hydrogens (tertiary/aromatic N) is 1. The van der Waals surface area contributed by atoms with Crippen molar-refractivity contribution in [2.45, 2.75) is 12.3 Å². The Kier molecular flexibility index (Phi) is 3.26. The Morgan fingerprint density at radius 2 is 2.29 bits per heavy atom. The fourth-order valence-electron chi connectivity index (χ4n) is 1.26. The standard InChI is InChI=1S/C10H8BrNO2/c1-6-2-3-7(10(13)14)8(4-11)9(6)5-12/h2-3H,4H2,1H3,(H,13,14). The van der Waals surface area contributed by atoms with Crippen molar-refractivity contribution in [2.75, 3.05) is 0 Å². The van der Waals surface area contributed by atoms with E-state index < -0.39 is 5.97 Å². The third-order valence-corrected chi connectivity index (χ3v) is 2.56. The summed E-state index contributed by atoms with van der Waals surface area (Å²) in [5.41, 5.74) is 1.97. The number of carboxylic acid groups (broad SMARTS) is 1. The lowest BCUT2D eigenvalue weighted by molar-refractivity contribution is 0.0696. The van der Waals surface area contributed by atoms with Crippen molar-refractivity contribution < 1.29 is 9.90 Å². The molecule has 0 atom stereocenters. The molecule has 0 saturated heterocycles. The van der Waals surface area contributed by atoms with Crippen LogP contribution in [-0.2, 0) is 5.33 Å². The molecule has 1 N–H and O–H groups in total. The monoisotopic (exact) mass is 253 g/mol. The maximum absolute atomic E-state index is 10.8. The number of rotatable bonds is 2. The number of halogens is 1. The summed E-state index contributed by atoms with van der Waals surface area (Å²) in [5.74, 6) is -1.00. The highest BCUT2D eigenvalue weighted by molar-refractivity contribution is 9.08. The molecule has 0 aliphatic carbocycles. The van der Waals surface area contributed by atoms with Crippen molar-refractivity contribution >= 4 is 21.9 Å². The highest BCUT2D eigenvalue weighted by Gasteiger charge is 2.14. The molecule has 0 unspecified atom stereocenters. The van der Waals surface area contributed by atoms with Crippen LogP contribution in [-0.4, -0.2) is 11.1 Å². The molecule has 0 spiro atoms. The van der Waals surface area contributed by atoms with Crippen molar-refractivity contribution in [3.63, 3.8) is 0 Å². The molecule has 0 heterocycles. The van der Waals surface area contributed by atoms with E-state index in [1.54, 1.807) is 13.0 Å². The summed E-state index contributed by atoms with van der Waals surface area (Å²) >= 11 is 3.19. The molecule has 1 rings (SSSR count). The van der Waals surface area contributed by atoms with Gasteiger partial charge in [-0.05, 0) is 24.1 Å². The largest absolute Gasteiger partial charge is 0.478 e. The Morgan fingerprint density at radius 3 is 2.71 bits per heavy atom. The molecule has 0 fully saturated rings. The van der Waals surface area contributed by atoms with E-state index in [4.69, 9.17) is 10.4 Å². The number of hydrogen-bond donors (Lipinski definition) is 1. The molecule has 1 aromatic rings. The minimum absolute atomic E-state index is 0.184. The summed E-state index contributed by atoms with van der Waals surface area (Å²) < 4.78 is 0. The van der Waals surface area contributed by atoms with Crippen LogP contribution >= 0.6 is 15.9 Å². The molecule has 0 radical (unpaired) electrons. The van der Waals surface area contributed by atoms with E-state index >= 15 is 0 Å². The van der Waals surface area contributed by atoms with Gasteiger partial charge in [0.05, 0.1) is 17.2 Å². The maximum Gasteiger partial charge on any atom is 0.336 e. The zero-order valence-corrected chi connectivity index (χ0v) is 9.13. The maximum atomic E-state index is 10.8. The zero-order chi connectivity index (χ0) is 10.7. The first-order valence-electron chi connectivity index (χ1n) is 3.93. The fraction of sp³-hybridized carbons (Fsp3) is 0.200. The van der Waals surface area contributed by atoms with Gasteiger partial charge in [-0.15, -0.1) is 0 Å². The van der Waals surface area contributed by atoms with Crippen molar-refractivity contribution in [3.05, 3.63) is 34.4 Å². The van der Waals surface area contributed by atoms with Gasteiger partial charge in [-0.3, -0.25) is 0 Å². The van der Waals surface area contributed by atoms with E-state index in [0.717, 1.165) is 5.56 Å². The van der Waals surface area contributed by atoms with Gasteiger partial charge in [0, 0.05) is 5.33 Å². The number of carboxylic acids is 1. The van der Waals surface area contributed by atoms with E-state index in [1.165, 1.54) is 6.07 Å². The van der Waals surface area contributed by atoms with Crippen LogP contribution in [0.2, 0.25) is 0 Å². The number of nitriles is 1. The Bertz CT molecular complexity index is 421. The number of aryl methyl sites for hydroxylation is 1. The molecule has 72 valence electrons. The molecule has 1 aromatic carbocycles. The van der Waals surface area contributed by atoms with Crippen LogP contribution in [0.1, 0.15) is 27.0 Å². The summed E-state index contributed by atoms with van der Waals surface area (Å²) in [6.45, 7) is 1.79. The predicted molar refractivity (Wildman–Crippen MR) is 55.5 cm³/mol. The Hall–Kier alpha value is -1.34. The van der Waals surface area contributed by atoms with E-state index in [9.17, 15) is 4.79 Å². The molecule has 4 heteroatoms. The van der Waals surface area contributed by atoms with Crippen molar-refractivity contribution in [2.24, 2.45) is 0 Å². The molecule has 0 bridgehead atoms. The van der Waals surface area contributed by atoms with Crippen LogP contribution in [0.3, 0.4) is 0 Å². The van der Waals surface area contributed by atoms with Gasteiger partial charge in [-0.1, -0.05) is 22.0 Å². The normalized spacial score (nSPS) is 9.50. The number of benzene rings is 1. The van der Waals surface area contributed by atoms with E-state index in [2.05, 4.69) is 15.9 Å². The van der Waals surface area contributed by atoms with Gasteiger partial charge in [-0.2, -0.15) is 5.26 Å². The minimum atomic E-state index is -1.00. The minimum Gasteiger partial charge on any atom is -0.478 e. The molecule has 0 aliphatic rings. The Morgan fingerprint density at radius 1 is 1.64 bits per heavy atom. The van der Waals surface area contributed by atoms with Gasteiger partial charge in [0.15, 0.2) is 0 Å². The number of aromatic carboxylic acids is 1. The molecule has 3 nitrogen and oxygen atoms in total. The number of hydrogen-bond acceptors (Lipinski definition) is 2. The first kappa shape index (κ1) is 10.7. The summed E-state index contributed by atoms with van der Waals surface area (Å²) in [4.78, 5) is 10.8. The topological polar surface area (TPSA) is 61.1 Å². The third-order valence-electron chi connectivity index (χ3n) is 2.00. The molecular formula is C10H8BrNO2. The van der Waals surface area contributed by atoms with Crippen LogP contribution in [0.15, 0.2) is 12.1 Å². The van der Waals surface area contributed by atoms with Crippen LogP contribution < -0.4 is 0 Å². The number of alkyl halides is 1. The second-order valence-electron chi connectivity index (χ2n) is 2.83. The molecule has 0 aromatic heterocycles. The van der Waals surface area contributed by atoms with Gasteiger partial charge in [0.1, 0.15) is 0 Å². The van der Waals surface area contributed by atoms with Gasteiger partial charge in [-0.25, -0.2) is 4.79 Å². The lowest BCUT2D eigenvalue weighted by Gasteiger charge is -2.07. The molecular weight excluding hydrogens is 246 g/mol. The van der Waals surface area contributed by atoms with Crippen molar-refractivity contribution in [1.29, 1.82) is 5.26 Å². The van der Waals surface area contributed by atoms with E-state index in [-0.39, 0.29) is 5.56 Å². The van der Waals surface area contributed by atoms with Crippen LogP contribution in [0.4, 0.5) is 0 Å². The Balaban J connectivity index is 3.50. The van der Waals surface area contributed by atoms with E-state index in [0.29, 0.717) is 16.5 Å². The van der Waals surface area contributed by atoms with Crippen LogP contribution in [0, 0.1) is 18.3 Å². The van der Waals surface area contributed by atoms with Gasteiger partial charge < -0.3 is 5.11 Å². The predicted octanol–water partition coefficient (Wildman–Crippen LogP) is 2.46. The summed E-state index contributed by atoms with van der Waals surface area (Å²) in [5, 5.41) is 18.1.